The number of alkyl halides is 3. The second-order valence-corrected chi connectivity index (χ2v) is 4.25. The number of anilines is 1. The van der Waals surface area contributed by atoms with Crippen LogP contribution < -0.4 is 10.6 Å². The van der Waals surface area contributed by atoms with Gasteiger partial charge in [-0.15, -0.1) is 0 Å². The Morgan fingerprint density at radius 1 is 1.30 bits per heavy atom. The Balaban J connectivity index is 2.74. The molecule has 0 radical (unpaired) electrons. The topological polar surface area (TPSA) is 41.1 Å². The largest absolute Gasteiger partial charge is 0.405 e. The van der Waals surface area contributed by atoms with Crippen LogP contribution in [-0.4, -0.2) is 24.7 Å². The highest BCUT2D eigenvalue weighted by atomic mass is 19.4. The van der Waals surface area contributed by atoms with Crippen molar-refractivity contribution < 1.29 is 26.7 Å². The molecule has 20 heavy (non-hydrogen) atoms. The Morgan fingerprint density at radius 2 is 1.90 bits per heavy atom. The zero-order valence-electron chi connectivity index (χ0n) is 10.7. The minimum atomic E-state index is -4.55. The van der Waals surface area contributed by atoms with Gasteiger partial charge in [-0.2, -0.15) is 13.2 Å². The maximum Gasteiger partial charge on any atom is 0.405 e. The summed E-state index contributed by atoms with van der Waals surface area (Å²) in [5, 5.41) is 3.85. The molecule has 0 aliphatic rings. The lowest BCUT2D eigenvalue weighted by molar-refractivity contribution is -0.138. The lowest BCUT2D eigenvalue weighted by Crippen LogP contribution is -2.42. The van der Waals surface area contributed by atoms with E-state index in [9.17, 15) is 26.7 Å². The number of carbonyl (C=O) groups is 1. The van der Waals surface area contributed by atoms with Crippen molar-refractivity contribution in [2.45, 2.75) is 26.1 Å². The monoisotopic (exact) mass is 296 g/mol. The standard InChI is InChI=1S/C12H13F5N2O/c1-6-3-4-8(13)10(9(6)14)19-7(2)11(20)18-5-12(15,16)17/h3-4,7,19H,5H2,1-2H3,(H,18,20). The Kier molecular flexibility index (Phi) is 4.91. The molecule has 0 saturated heterocycles. The normalized spacial score (nSPS) is 12.9. The second kappa shape index (κ2) is 6.06. The molecule has 1 atom stereocenters. The summed E-state index contributed by atoms with van der Waals surface area (Å²) in [7, 11) is 0. The van der Waals surface area contributed by atoms with Gasteiger partial charge in [0.15, 0.2) is 5.82 Å². The summed E-state index contributed by atoms with van der Waals surface area (Å²) in [6.07, 6.45) is -4.55. The third-order valence-electron chi connectivity index (χ3n) is 2.50. The van der Waals surface area contributed by atoms with Gasteiger partial charge < -0.3 is 10.6 Å². The summed E-state index contributed by atoms with van der Waals surface area (Å²) in [6, 6.07) is 0.994. The molecule has 8 heteroatoms. The molecule has 0 heterocycles. The first-order valence-electron chi connectivity index (χ1n) is 5.67. The summed E-state index contributed by atoms with van der Waals surface area (Å²) >= 11 is 0. The lowest BCUT2D eigenvalue weighted by Gasteiger charge is -2.17. The van der Waals surface area contributed by atoms with Crippen LogP contribution in [0, 0.1) is 18.6 Å². The van der Waals surface area contributed by atoms with Crippen LogP contribution in [-0.2, 0) is 4.79 Å². The summed E-state index contributed by atoms with van der Waals surface area (Å²) in [5.74, 6) is -2.83. The maximum absolute atomic E-state index is 13.6. The minimum Gasteiger partial charge on any atom is -0.369 e. The summed E-state index contributed by atoms with van der Waals surface area (Å²) in [5.41, 5.74) is -0.392. The number of carbonyl (C=O) groups excluding carboxylic acids is 1. The molecule has 0 fully saturated rings. The Hall–Kier alpha value is -1.86. The van der Waals surface area contributed by atoms with Gasteiger partial charge in [0.05, 0.1) is 0 Å². The van der Waals surface area contributed by atoms with E-state index in [1.54, 1.807) is 5.32 Å². The summed E-state index contributed by atoms with van der Waals surface area (Å²) in [6.45, 7) is 1.10. The van der Waals surface area contributed by atoms with Crippen molar-refractivity contribution in [3.05, 3.63) is 29.3 Å². The Labute approximate surface area is 112 Å². The maximum atomic E-state index is 13.6. The molecule has 1 aromatic rings. The van der Waals surface area contributed by atoms with E-state index in [2.05, 4.69) is 5.32 Å². The number of hydrogen-bond acceptors (Lipinski definition) is 2. The second-order valence-electron chi connectivity index (χ2n) is 4.25. The number of aryl methyl sites for hydroxylation is 1. The van der Waals surface area contributed by atoms with Gasteiger partial charge in [0, 0.05) is 0 Å². The summed E-state index contributed by atoms with van der Waals surface area (Å²) < 4.78 is 62.9. The Morgan fingerprint density at radius 3 is 2.45 bits per heavy atom. The predicted molar refractivity (Wildman–Crippen MR) is 63.2 cm³/mol. The van der Waals surface area contributed by atoms with E-state index in [0.717, 1.165) is 6.07 Å². The van der Waals surface area contributed by atoms with Crippen molar-refractivity contribution in [3.63, 3.8) is 0 Å². The number of benzene rings is 1. The van der Waals surface area contributed by atoms with E-state index in [4.69, 9.17) is 0 Å². The molecular weight excluding hydrogens is 283 g/mol. The van der Waals surface area contributed by atoms with E-state index >= 15 is 0 Å². The molecule has 0 aliphatic carbocycles. The highest BCUT2D eigenvalue weighted by Crippen LogP contribution is 2.22. The zero-order valence-corrected chi connectivity index (χ0v) is 10.7. The first-order valence-corrected chi connectivity index (χ1v) is 5.67. The van der Waals surface area contributed by atoms with Crippen molar-refractivity contribution in [2.24, 2.45) is 0 Å². The molecule has 112 valence electrons. The fourth-order valence-corrected chi connectivity index (χ4v) is 1.41. The van der Waals surface area contributed by atoms with E-state index in [1.165, 1.54) is 19.9 Å². The number of halogens is 5. The van der Waals surface area contributed by atoms with Crippen molar-refractivity contribution in [1.82, 2.24) is 5.32 Å². The molecule has 2 N–H and O–H groups in total. The van der Waals surface area contributed by atoms with Gasteiger partial charge in [0.1, 0.15) is 24.1 Å². The van der Waals surface area contributed by atoms with Gasteiger partial charge in [-0.1, -0.05) is 6.07 Å². The average molecular weight is 296 g/mol. The fourth-order valence-electron chi connectivity index (χ4n) is 1.41. The quantitative estimate of drug-likeness (QED) is 0.839. The molecule has 0 bridgehead atoms. The van der Waals surface area contributed by atoms with Gasteiger partial charge >= 0.3 is 6.18 Å². The first kappa shape index (κ1) is 16.2. The van der Waals surface area contributed by atoms with Gasteiger partial charge in [-0.25, -0.2) is 8.78 Å². The number of rotatable bonds is 4. The fraction of sp³-hybridized carbons (Fsp3) is 0.417. The smallest absolute Gasteiger partial charge is 0.369 e. The minimum absolute atomic E-state index is 0.150. The van der Waals surface area contributed by atoms with E-state index in [0.29, 0.717) is 0 Å². The molecule has 0 aromatic heterocycles. The van der Waals surface area contributed by atoms with Crippen LogP contribution in [0.1, 0.15) is 12.5 Å². The molecule has 0 aliphatic heterocycles. The first-order chi connectivity index (χ1) is 9.11. The molecule has 3 nitrogen and oxygen atoms in total. The third-order valence-corrected chi connectivity index (χ3v) is 2.50. The number of amides is 1. The van der Waals surface area contributed by atoms with E-state index in [1.807, 2.05) is 0 Å². The van der Waals surface area contributed by atoms with Crippen molar-refractivity contribution in [3.8, 4) is 0 Å². The number of hydrogen-bond donors (Lipinski definition) is 2. The molecule has 0 saturated carbocycles. The third kappa shape index (κ3) is 4.36. The Bertz CT molecular complexity index is 501. The van der Waals surface area contributed by atoms with Crippen molar-refractivity contribution in [2.75, 3.05) is 11.9 Å². The SMILES string of the molecule is Cc1ccc(F)c(NC(C)C(=O)NCC(F)(F)F)c1F. The molecule has 1 rings (SSSR count). The van der Waals surface area contributed by atoms with E-state index < -0.39 is 42.0 Å². The van der Waals surface area contributed by atoms with Gasteiger partial charge in [-0.05, 0) is 25.5 Å². The lowest BCUT2D eigenvalue weighted by atomic mass is 10.1. The van der Waals surface area contributed by atoms with Crippen LogP contribution in [0.2, 0.25) is 0 Å². The molecule has 1 amide bonds. The van der Waals surface area contributed by atoms with Crippen LogP contribution in [0.25, 0.3) is 0 Å². The van der Waals surface area contributed by atoms with Crippen LogP contribution in [0.5, 0.6) is 0 Å². The average Bonchev–Trinajstić information content (AvgIpc) is 2.35. The molecular formula is C12H13F5N2O. The molecule has 1 aromatic carbocycles. The van der Waals surface area contributed by atoms with Crippen LogP contribution in [0.3, 0.4) is 0 Å². The van der Waals surface area contributed by atoms with Crippen molar-refractivity contribution in [1.29, 1.82) is 0 Å². The highest BCUT2D eigenvalue weighted by Gasteiger charge is 2.29. The number of nitrogens with one attached hydrogen (secondary N) is 2. The molecule has 1 unspecified atom stereocenters. The highest BCUT2D eigenvalue weighted by molar-refractivity contribution is 5.84. The van der Waals surface area contributed by atoms with Gasteiger partial charge in [0.2, 0.25) is 5.91 Å². The zero-order chi connectivity index (χ0) is 15.5. The van der Waals surface area contributed by atoms with Crippen LogP contribution in [0.4, 0.5) is 27.6 Å². The van der Waals surface area contributed by atoms with Crippen molar-refractivity contribution >= 4 is 11.6 Å². The van der Waals surface area contributed by atoms with E-state index in [-0.39, 0.29) is 5.56 Å². The van der Waals surface area contributed by atoms with Crippen LogP contribution in [0.15, 0.2) is 12.1 Å². The molecule has 0 spiro atoms. The summed E-state index contributed by atoms with van der Waals surface area (Å²) in [4.78, 5) is 11.4. The van der Waals surface area contributed by atoms with Gasteiger partial charge in [-0.3, -0.25) is 4.79 Å². The predicted octanol–water partition coefficient (Wildman–Crippen LogP) is 2.75. The van der Waals surface area contributed by atoms with Crippen LogP contribution >= 0.6 is 0 Å². The van der Waals surface area contributed by atoms with Gasteiger partial charge in [0.25, 0.3) is 0 Å².